The number of esters is 1. The minimum absolute atomic E-state index is 0.0781. The van der Waals surface area contributed by atoms with Gasteiger partial charge in [-0.3, -0.25) is 4.79 Å². The third-order valence-electron chi connectivity index (χ3n) is 6.12. The number of benzene rings is 2. The van der Waals surface area contributed by atoms with Gasteiger partial charge in [-0.25, -0.2) is 9.18 Å². The average molecular weight is 423 g/mol. The highest BCUT2D eigenvalue weighted by Gasteiger charge is 2.42. The van der Waals surface area contributed by atoms with Crippen LogP contribution in [0.3, 0.4) is 0 Å². The first-order valence-electron chi connectivity index (χ1n) is 10.6. The fraction of sp³-hybridized carbons (Fsp3) is 0.360. The van der Waals surface area contributed by atoms with E-state index in [4.69, 9.17) is 4.74 Å². The monoisotopic (exact) mass is 423 g/mol. The molecule has 5 nitrogen and oxygen atoms in total. The lowest BCUT2D eigenvalue weighted by atomic mass is 9.82. The van der Waals surface area contributed by atoms with Crippen LogP contribution < -0.4 is 4.74 Å². The van der Waals surface area contributed by atoms with Gasteiger partial charge in [0.25, 0.3) is 0 Å². The number of nitrogens with zero attached hydrogens (tertiary/aromatic N) is 1. The number of Topliss-reactive ketones (excluding diaryl/α,β-unsaturated/α-hetero) is 1. The smallest absolute Gasteiger partial charge is 0.330 e. The number of hydrogen-bond donors (Lipinski definition) is 0. The number of hydrogen-bond acceptors (Lipinski definition) is 5. The Hall–Kier alpha value is -2.99. The van der Waals surface area contributed by atoms with E-state index in [9.17, 15) is 14.0 Å². The number of ketones is 1. The van der Waals surface area contributed by atoms with Crippen molar-refractivity contribution in [2.45, 2.75) is 31.3 Å². The summed E-state index contributed by atoms with van der Waals surface area (Å²) < 4.78 is 24.0. The van der Waals surface area contributed by atoms with E-state index in [0.717, 1.165) is 50.0 Å². The highest BCUT2D eigenvalue weighted by atomic mass is 19.1. The standard InChI is InChI=1S/C25H26FNO4/c1-30-24(29)9-5-19-4-8-23-21(16-19)22(28)17-25(31-23)11-14-27(15-12-25)13-10-18-2-6-20(26)7-3-18/h2-9,16H,10-15,17H2,1H3. The molecule has 162 valence electrons. The van der Waals surface area contributed by atoms with E-state index in [0.29, 0.717) is 17.7 Å². The molecular formula is C25H26FNO4. The van der Waals surface area contributed by atoms with Gasteiger partial charge in [-0.15, -0.1) is 0 Å². The zero-order chi connectivity index (χ0) is 21.8. The Morgan fingerprint density at radius 3 is 2.65 bits per heavy atom. The maximum absolute atomic E-state index is 13.1. The Labute approximate surface area is 181 Å². The summed E-state index contributed by atoms with van der Waals surface area (Å²) in [6, 6.07) is 12.1. The lowest BCUT2D eigenvalue weighted by Crippen LogP contribution is -2.51. The molecule has 0 atom stereocenters. The van der Waals surface area contributed by atoms with Crippen molar-refractivity contribution < 1.29 is 23.5 Å². The lowest BCUT2D eigenvalue weighted by molar-refractivity contribution is -0.134. The number of fused-ring (bicyclic) bond motifs is 1. The van der Waals surface area contributed by atoms with Crippen LogP contribution in [0.4, 0.5) is 4.39 Å². The maximum Gasteiger partial charge on any atom is 0.330 e. The number of ether oxygens (including phenoxy) is 2. The summed E-state index contributed by atoms with van der Waals surface area (Å²) in [5.74, 6) is 0.0423. The number of carbonyl (C=O) groups is 2. The first-order chi connectivity index (χ1) is 15.0. The SMILES string of the molecule is COC(=O)C=Cc1ccc2c(c1)C(=O)CC1(CCN(CCc3ccc(F)cc3)CC1)O2. The van der Waals surface area contributed by atoms with Gasteiger partial charge in [-0.05, 0) is 47.9 Å². The molecule has 6 heteroatoms. The van der Waals surface area contributed by atoms with Gasteiger partial charge >= 0.3 is 5.97 Å². The molecular weight excluding hydrogens is 397 g/mol. The quantitative estimate of drug-likeness (QED) is 0.536. The highest BCUT2D eigenvalue weighted by Crippen LogP contribution is 2.39. The summed E-state index contributed by atoms with van der Waals surface area (Å²) in [6.07, 6.45) is 5.80. The zero-order valence-electron chi connectivity index (χ0n) is 17.6. The maximum atomic E-state index is 13.1. The molecule has 2 aromatic carbocycles. The van der Waals surface area contributed by atoms with Crippen molar-refractivity contribution in [3.63, 3.8) is 0 Å². The van der Waals surface area contributed by atoms with Gasteiger partial charge in [0.05, 0.1) is 19.1 Å². The van der Waals surface area contributed by atoms with Crippen molar-refractivity contribution in [1.82, 2.24) is 4.90 Å². The van der Waals surface area contributed by atoms with Crippen molar-refractivity contribution in [2.24, 2.45) is 0 Å². The fourth-order valence-corrected chi connectivity index (χ4v) is 4.25. The lowest BCUT2D eigenvalue weighted by Gasteiger charge is -2.44. The van der Waals surface area contributed by atoms with Gasteiger partial charge in [0.1, 0.15) is 17.2 Å². The van der Waals surface area contributed by atoms with Gasteiger partial charge in [-0.1, -0.05) is 18.2 Å². The molecule has 2 heterocycles. The van der Waals surface area contributed by atoms with Crippen LogP contribution in [0, 0.1) is 5.82 Å². The van der Waals surface area contributed by atoms with E-state index in [1.807, 2.05) is 24.3 Å². The van der Waals surface area contributed by atoms with Crippen LogP contribution in [0.2, 0.25) is 0 Å². The molecule has 0 aromatic heterocycles. The Balaban J connectivity index is 1.36. The topological polar surface area (TPSA) is 55.8 Å². The second kappa shape index (κ2) is 9.02. The predicted octanol–water partition coefficient (Wildman–Crippen LogP) is 4.05. The molecule has 2 aliphatic rings. The van der Waals surface area contributed by atoms with E-state index in [-0.39, 0.29) is 11.6 Å². The molecule has 1 saturated heterocycles. The number of carbonyl (C=O) groups excluding carboxylic acids is 2. The molecule has 0 unspecified atom stereocenters. The van der Waals surface area contributed by atoms with Gasteiger partial charge in [-0.2, -0.15) is 0 Å². The molecule has 1 fully saturated rings. The number of methoxy groups -OCH3 is 1. The van der Waals surface area contributed by atoms with Crippen LogP contribution in [0.15, 0.2) is 48.5 Å². The van der Waals surface area contributed by atoms with Gasteiger partial charge in [0.2, 0.25) is 0 Å². The molecule has 0 N–H and O–H groups in total. The van der Waals surface area contributed by atoms with E-state index in [1.165, 1.54) is 25.3 Å². The van der Waals surface area contributed by atoms with Crippen LogP contribution in [-0.4, -0.2) is 49.0 Å². The summed E-state index contributed by atoms with van der Waals surface area (Å²) in [7, 11) is 1.32. The molecule has 4 rings (SSSR count). The van der Waals surface area contributed by atoms with Crippen LogP contribution in [0.1, 0.15) is 40.7 Å². The van der Waals surface area contributed by atoms with Gasteiger partial charge in [0, 0.05) is 38.6 Å². The predicted molar refractivity (Wildman–Crippen MR) is 116 cm³/mol. The van der Waals surface area contributed by atoms with Gasteiger partial charge < -0.3 is 14.4 Å². The molecule has 0 bridgehead atoms. The number of rotatable bonds is 5. The van der Waals surface area contributed by atoms with Crippen LogP contribution in [0.5, 0.6) is 5.75 Å². The molecule has 0 aliphatic carbocycles. The van der Waals surface area contributed by atoms with Crippen LogP contribution in [-0.2, 0) is 16.0 Å². The zero-order valence-corrected chi connectivity index (χ0v) is 17.6. The van der Waals surface area contributed by atoms with Crippen molar-refractivity contribution in [2.75, 3.05) is 26.7 Å². The molecule has 2 aromatic rings. The van der Waals surface area contributed by atoms with Crippen molar-refractivity contribution in [1.29, 1.82) is 0 Å². The minimum Gasteiger partial charge on any atom is -0.486 e. The molecule has 2 aliphatic heterocycles. The van der Waals surface area contributed by atoms with Crippen molar-refractivity contribution in [3.05, 3.63) is 71.0 Å². The summed E-state index contributed by atoms with van der Waals surface area (Å²) in [4.78, 5) is 26.5. The number of likely N-dealkylation sites (tertiary alicyclic amines) is 1. The first-order valence-corrected chi connectivity index (χ1v) is 10.6. The Morgan fingerprint density at radius 2 is 1.94 bits per heavy atom. The van der Waals surface area contributed by atoms with E-state index in [1.54, 1.807) is 12.1 Å². The van der Waals surface area contributed by atoms with E-state index < -0.39 is 11.6 Å². The normalized spacial score (nSPS) is 18.1. The summed E-state index contributed by atoms with van der Waals surface area (Å²) >= 11 is 0. The third-order valence-corrected chi connectivity index (χ3v) is 6.12. The molecule has 0 saturated carbocycles. The first kappa shape index (κ1) is 21.2. The third kappa shape index (κ3) is 5.02. The van der Waals surface area contributed by atoms with Crippen molar-refractivity contribution in [3.8, 4) is 5.75 Å². The second-order valence-electron chi connectivity index (χ2n) is 8.22. The Bertz CT molecular complexity index is 991. The minimum atomic E-state index is -0.445. The molecule has 0 amide bonds. The van der Waals surface area contributed by atoms with Crippen LogP contribution >= 0.6 is 0 Å². The molecule has 1 spiro atoms. The number of piperidine rings is 1. The average Bonchev–Trinajstić information content (AvgIpc) is 2.78. The van der Waals surface area contributed by atoms with E-state index >= 15 is 0 Å². The number of halogens is 1. The fourth-order valence-electron chi connectivity index (χ4n) is 4.25. The summed E-state index contributed by atoms with van der Waals surface area (Å²) in [5, 5.41) is 0. The summed E-state index contributed by atoms with van der Waals surface area (Å²) in [5.41, 5.74) is 2.00. The van der Waals surface area contributed by atoms with E-state index in [2.05, 4.69) is 9.64 Å². The Morgan fingerprint density at radius 1 is 1.19 bits per heavy atom. The molecule has 31 heavy (non-hydrogen) atoms. The Kier molecular flexibility index (Phi) is 6.18. The second-order valence-corrected chi connectivity index (χ2v) is 8.22. The van der Waals surface area contributed by atoms with Gasteiger partial charge in [0.15, 0.2) is 5.78 Å². The summed E-state index contributed by atoms with van der Waals surface area (Å²) in [6.45, 7) is 2.63. The highest BCUT2D eigenvalue weighted by molar-refractivity contribution is 6.01. The molecule has 0 radical (unpaired) electrons. The largest absolute Gasteiger partial charge is 0.486 e. The van der Waals surface area contributed by atoms with Crippen molar-refractivity contribution >= 4 is 17.8 Å². The van der Waals surface area contributed by atoms with Crippen LogP contribution in [0.25, 0.3) is 6.08 Å².